The van der Waals surface area contributed by atoms with Gasteiger partial charge in [0, 0.05) is 18.1 Å². The zero-order chi connectivity index (χ0) is 14.3. The van der Waals surface area contributed by atoms with Crippen LogP contribution in [0.3, 0.4) is 0 Å². The Kier molecular flexibility index (Phi) is 3.12. The van der Waals surface area contributed by atoms with Crippen LogP contribution in [0.2, 0.25) is 0 Å². The fourth-order valence-corrected chi connectivity index (χ4v) is 3.86. The van der Waals surface area contributed by atoms with Gasteiger partial charge in [-0.05, 0) is 57.1 Å². The number of nitroso groups, excluding NO2 is 1. The van der Waals surface area contributed by atoms with E-state index >= 15 is 0 Å². The summed E-state index contributed by atoms with van der Waals surface area (Å²) < 4.78 is 12.3. The molecule has 1 aromatic rings. The maximum Gasteiger partial charge on any atom is 0.129 e. The first kappa shape index (κ1) is 13.1. The van der Waals surface area contributed by atoms with E-state index in [0.717, 1.165) is 49.2 Å². The van der Waals surface area contributed by atoms with Gasteiger partial charge in [-0.3, -0.25) is 0 Å². The van der Waals surface area contributed by atoms with Crippen LogP contribution in [0.5, 0.6) is 11.5 Å². The highest BCUT2D eigenvalue weighted by Gasteiger charge is 2.46. The van der Waals surface area contributed by atoms with Crippen LogP contribution in [0.1, 0.15) is 63.0 Å². The van der Waals surface area contributed by atoms with Crippen LogP contribution >= 0.6 is 0 Å². The van der Waals surface area contributed by atoms with E-state index in [1.54, 1.807) is 0 Å². The van der Waals surface area contributed by atoms with Crippen LogP contribution in [0.15, 0.2) is 23.4 Å². The molecular weight excluding hydrogens is 266 g/mol. The Hall–Kier alpha value is -1.58. The Morgan fingerprint density at radius 3 is 2.67 bits per heavy atom. The molecule has 1 spiro atoms. The van der Waals surface area contributed by atoms with E-state index in [9.17, 15) is 4.91 Å². The van der Waals surface area contributed by atoms with Crippen molar-refractivity contribution in [1.82, 2.24) is 0 Å². The fraction of sp³-hybridized carbons (Fsp3) is 0.647. The third-order valence-electron chi connectivity index (χ3n) is 5.23. The molecule has 1 aliphatic heterocycles. The lowest BCUT2D eigenvalue weighted by Crippen LogP contribution is -2.46. The molecule has 0 bridgehead atoms. The summed E-state index contributed by atoms with van der Waals surface area (Å²) in [7, 11) is 0. The molecule has 0 aromatic heterocycles. The molecule has 0 radical (unpaired) electrons. The van der Waals surface area contributed by atoms with Gasteiger partial charge in [0.1, 0.15) is 23.1 Å². The van der Waals surface area contributed by atoms with E-state index < -0.39 is 0 Å². The highest BCUT2D eigenvalue weighted by Crippen LogP contribution is 2.50. The summed E-state index contributed by atoms with van der Waals surface area (Å²) in [5.74, 6) is 1.67. The molecule has 1 unspecified atom stereocenters. The van der Waals surface area contributed by atoms with E-state index in [2.05, 4.69) is 5.18 Å². The molecular formula is C17H21NO3. The average molecular weight is 287 g/mol. The van der Waals surface area contributed by atoms with Crippen molar-refractivity contribution in [2.45, 2.75) is 69.1 Å². The van der Waals surface area contributed by atoms with Gasteiger partial charge in [0.15, 0.2) is 0 Å². The number of rotatable bonds is 3. The van der Waals surface area contributed by atoms with Gasteiger partial charge in [0.25, 0.3) is 0 Å². The predicted octanol–water partition coefficient (Wildman–Crippen LogP) is 4.52. The topological polar surface area (TPSA) is 47.9 Å². The van der Waals surface area contributed by atoms with Crippen LogP contribution < -0.4 is 9.47 Å². The van der Waals surface area contributed by atoms with Crippen LogP contribution in [0.4, 0.5) is 0 Å². The molecule has 1 atom stereocenters. The monoisotopic (exact) mass is 287 g/mol. The standard InChI is InChI=1S/C17H21NO3/c19-18-15-11-17(8-3-9-17)21-16-10-13(6-7-14(15)16)20-12-4-1-2-5-12/h6-7,10,12,15H,1-5,8-9,11H2. The lowest BCUT2D eigenvalue weighted by atomic mass is 9.73. The van der Waals surface area contributed by atoms with Crippen LogP contribution in [-0.2, 0) is 0 Å². The predicted molar refractivity (Wildman–Crippen MR) is 79.7 cm³/mol. The third kappa shape index (κ3) is 2.30. The Morgan fingerprint density at radius 2 is 2.00 bits per heavy atom. The summed E-state index contributed by atoms with van der Waals surface area (Å²) in [6.45, 7) is 0. The quantitative estimate of drug-likeness (QED) is 0.768. The van der Waals surface area contributed by atoms with E-state index in [-0.39, 0.29) is 11.6 Å². The first-order chi connectivity index (χ1) is 10.3. The second kappa shape index (κ2) is 5.00. The molecule has 1 heterocycles. The second-order valence-corrected chi connectivity index (χ2v) is 6.69. The molecule has 2 aliphatic carbocycles. The Balaban J connectivity index is 1.60. The molecule has 2 saturated carbocycles. The summed E-state index contributed by atoms with van der Waals surface area (Å²) in [4.78, 5) is 11.2. The van der Waals surface area contributed by atoms with Crippen molar-refractivity contribution in [3.8, 4) is 11.5 Å². The molecule has 21 heavy (non-hydrogen) atoms. The van der Waals surface area contributed by atoms with Crippen molar-refractivity contribution < 1.29 is 9.47 Å². The first-order valence-corrected chi connectivity index (χ1v) is 8.10. The fourth-order valence-electron chi connectivity index (χ4n) is 3.86. The number of hydrogen-bond acceptors (Lipinski definition) is 4. The SMILES string of the molecule is O=NC1CC2(CCC2)Oc2cc(OC3CCCC3)ccc21. The van der Waals surface area contributed by atoms with Crippen LogP contribution in [0.25, 0.3) is 0 Å². The number of nitrogens with zero attached hydrogens (tertiary/aromatic N) is 1. The highest BCUT2D eigenvalue weighted by atomic mass is 16.5. The first-order valence-electron chi connectivity index (χ1n) is 8.10. The maximum atomic E-state index is 11.2. The van der Waals surface area contributed by atoms with Gasteiger partial charge in [-0.2, -0.15) is 4.91 Å². The van der Waals surface area contributed by atoms with Crippen molar-refractivity contribution in [1.29, 1.82) is 0 Å². The van der Waals surface area contributed by atoms with E-state index in [0.29, 0.717) is 6.10 Å². The lowest BCUT2D eigenvalue weighted by Gasteiger charge is -2.46. The summed E-state index contributed by atoms with van der Waals surface area (Å²) >= 11 is 0. The van der Waals surface area contributed by atoms with Crippen LogP contribution in [0, 0.1) is 4.91 Å². The summed E-state index contributed by atoms with van der Waals surface area (Å²) in [5.41, 5.74) is 0.777. The smallest absolute Gasteiger partial charge is 0.129 e. The molecule has 4 heteroatoms. The van der Waals surface area contributed by atoms with Crippen molar-refractivity contribution in [3.05, 3.63) is 28.7 Å². The molecule has 0 amide bonds. The lowest BCUT2D eigenvalue weighted by molar-refractivity contribution is -0.0330. The van der Waals surface area contributed by atoms with Gasteiger partial charge in [-0.25, -0.2) is 0 Å². The molecule has 0 N–H and O–H groups in total. The maximum absolute atomic E-state index is 11.2. The Morgan fingerprint density at radius 1 is 1.19 bits per heavy atom. The normalized spacial score (nSPS) is 26.8. The van der Waals surface area contributed by atoms with E-state index in [1.165, 1.54) is 19.3 Å². The van der Waals surface area contributed by atoms with Gasteiger partial charge in [0.05, 0.1) is 6.10 Å². The van der Waals surface area contributed by atoms with Crippen LogP contribution in [-0.4, -0.2) is 11.7 Å². The third-order valence-corrected chi connectivity index (χ3v) is 5.23. The van der Waals surface area contributed by atoms with E-state index in [4.69, 9.17) is 9.47 Å². The van der Waals surface area contributed by atoms with Crippen molar-refractivity contribution in [2.75, 3.05) is 0 Å². The molecule has 112 valence electrons. The van der Waals surface area contributed by atoms with Gasteiger partial charge in [-0.15, -0.1) is 0 Å². The zero-order valence-corrected chi connectivity index (χ0v) is 12.2. The largest absolute Gasteiger partial charge is 0.490 e. The molecule has 3 aliphatic rings. The minimum Gasteiger partial charge on any atom is -0.490 e. The van der Waals surface area contributed by atoms with Gasteiger partial charge >= 0.3 is 0 Å². The van der Waals surface area contributed by atoms with Crippen molar-refractivity contribution >= 4 is 0 Å². The minimum atomic E-state index is -0.269. The van der Waals surface area contributed by atoms with Crippen molar-refractivity contribution in [2.24, 2.45) is 5.18 Å². The van der Waals surface area contributed by atoms with Crippen molar-refractivity contribution in [3.63, 3.8) is 0 Å². The van der Waals surface area contributed by atoms with E-state index in [1.807, 2.05) is 18.2 Å². The number of benzene rings is 1. The highest BCUT2D eigenvalue weighted by molar-refractivity contribution is 5.45. The molecule has 4 rings (SSSR count). The average Bonchev–Trinajstić information content (AvgIpc) is 2.97. The molecule has 4 nitrogen and oxygen atoms in total. The van der Waals surface area contributed by atoms with Gasteiger partial charge < -0.3 is 9.47 Å². The zero-order valence-electron chi connectivity index (χ0n) is 12.2. The Labute approximate surface area is 124 Å². The summed E-state index contributed by atoms with van der Waals surface area (Å²) in [6.07, 6.45) is 9.10. The van der Waals surface area contributed by atoms with Gasteiger partial charge in [-0.1, -0.05) is 5.18 Å². The van der Waals surface area contributed by atoms with Gasteiger partial charge in [0.2, 0.25) is 0 Å². The minimum absolute atomic E-state index is 0.141. The molecule has 1 aromatic carbocycles. The summed E-state index contributed by atoms with van der Waals surface area (Å²) in [6, 6.07) is 5.61. The number of ether oxygens (including phenoxy) is 2. The molecule has 2 fully saturated rings. The molecule has 0 saturated heterocycles. The second-order valence-electron chi connectivity index (χ2n) is 6.69. The number of fused-ring (bicyclic) bond motifs is 1. The number of hydrogen-bond donors (Lipinski definition) is 0. The summed E-state index contributed by atoms with van der Waals surface area (Å²) in [5, 5.41) is 3.33. The Bertz CT molecular complexity index is 547.